The lowest BCUT2D eigenvalue weighted by molar-refractivity contribution is -0.175. The van der Waals surface area contributed by atoms with Crippen molar-refractivity contribution < 1.29 is 23.6 Å². The van der Waals surface area contributed by atoms with Crippen molar-refractivity contribution in [1.82, 2.24) is 0 Å². The van der Waals surface area contributed by atoms with Gasteiger partial charge < -0.3 is 14.3 Å². The van der Waals surface area contributed by atoms with Gasteiger partial charge in [0.25, 0.3) is 0 Å². The van der Waals surface area contributed by atoms with Crippen LogP contribution in [0.4, 0.5) is 0 Å². The Kier molecular flexibility index (Phi) is 7.99. The first kappa shape index (κ1) is 18.7. The summed E-state index contributed by atoms with van der Waals surface area (Å²) >= 11 is 0. The first-order valence-electron chi connectivity index (χ1n) is 7.93. The van der Waals surface area contributed by atoms with Gasteiger partial charge in [-0.3, -0.25) is 0 Å². The molecule has 0 amide bonds. The number of hydrogen-bond acceptors (Lipinski definition) is 5. The molecule has 0 atom stereocenters. The van der Waals surface area contributed by atoms with Crippen molar-refractivity contribution in [3.8, 4) is 11.5 Å². The molecule has 0 bridgehead atoms. The smallest absolute Gasteiger partial charge is 0.329 e. The molecule has 0 N–H and O–H groups in total. The van der Waals surface area contributed by atoms with E-state index < -0.39 is 8.60 Å². The van der Waals surface area contributed by atoms with Crippen LogP contribution in [0.5, 0.6) is 11.5 Å². The van der Waals surface area contributed by atoms with Gasteiger partial charge in [-0.1, -0.05) is 48.7 Å². The van der Waals surface area contributed by atoms with Crippen LogP contribution in [0.1, 0.15) is 30.9 Å². The maximum absolute atomic E-state index is 5.54. The number of hydrogen-bond donors (Lipinski definition) is 0. The Morgan fingerprint density at radius 2 is 1.21 bits per heavy atom. The molecule has 0 spiro atoms. The minimum absolute atomic E-state index is 0.511. The first-order chi connectivity index (χ1) is 11.7. The molecule has 24 heavy (non-hydrogen) atoms. The highest BCUT2D eigenvalue weighted by Crippen LogP contribution is 2.41. The predicted molar refractivity (Wildman–Crippen MR) is 93.6 cm³/mol. The van der Waals surface area contributed by atoms with E-state index in [1.165, 1.54) is 0 Å². The molecule has 0 saturated heterocycles. The fourth-order valence-corrected chi connectivity index (χ4v) is 2.36. The largest absolute Gasteiger partial charge is 0.416 e. The van der Waals surface area contributed by atoms with Gasteiger partial charge in [0.05, 0.1) is 6.61 Å². The second-order valence-corrected chi connectivity index (χ2v) is 6.36. The second-order valence-electron chi connectivity index (χ2n) is 5.35. The van der Waals surface area contributed by atoms with E-state index in [0.29, 0.717) is 18.1 Å². The normalized spacial score (nSPS) is 10.8. The molecule has 6 heteroatoms. The molecular formula is C18H23O5P. The van der Waals surface area contributed by atoms with Gasteiger partial charge in [-0.15, -0.1) is 9.35 Å². The zero-order valence-corrected chi connectivity index (χ0v) is 15.1. The van der Waals surface area contributed by atoms with Crippen molar-refractivity contribution >= 4 is 8.60 Å². The van der Waals surface area contributed by atoms with Crippen LogP contribution in [0, 0.1) is 13.8 Å². The van der Waals surface area contributed by atoms with Gasteiger partial charge in [0.15, 0.2) is 11.5 Å². The van der Waals surface area contributed by atoms with E-state index in [1.54, 1.807) is 0 Å². The average molecular weight is 350 g/mol. The zero-order valence-electron chi connectivity index (χ0n) is 14.2. The molecule has 0 saturated carbocycles. The summed E-state index contributed by atoms with van der Waals surface area (Å²) in [4.78, 5) is 10.5. The van der Waals surface area contributed by atoms with Crippen LogP contribution < -0.4 is 9.78 Å². The molecule has 0 fully saturated rings. The Morgan fingerprint density at radius 1 is 0.750 bits per heavy atom. The Morgan fingerprint density at radius 3 is 1.62 bits per heavy atom. The van der Waals surface area contributed by atoms with E-state index in [1.807, 2.05) is 62.4 Å². The summed E-state index contributed by atoms with van der Waals surface area (Å²) in [5.74, 6) is 1.15. The fraction of sp³-hybridized carbons (Fsp3) is 0.333. The Labute approximate surface area is 144 Å². The molecule has 0 radical (unpaired) electrons. The quantitative estimate of drug-likeness (QED) is 0.239. The average Bonchev–Trinajstić information content (AvgIpc) is 2.60. The molecule has 0 aliphatic rings. The Bertz CT molecular complexity index is 536. The van der Waals surface area contributed by atoms with E-state index in [-0.39, 0.29) is 0 Å². The van der Waals surface area contributed by atoms with Crippen molar-refractivity contribution in [2.75, 3.05) is 6.61 Å². The number of unbranched alkanes of at least 4 members (excludes halogenated alkanes) is 1. The van der Waals surface area contributed by atoms with Crippen LogP contribution in [0.15, 0.2) is 48.5 Å². The number of rotatable bonds is 10. The highest BCUT2D eigenvalue weighted by molar-refractivity contribution is 7.41. The van der Waals surface area contributed by atoms with Crippen LogP contribution in [-0.2, 0) is 13.9 Å². The summed E-state index contributed by atoms with van der Waals surface area (Å²) < 4.78 is 16.1. The van der Waals surface area contributed by atoms with Gasteiger partial charge in [-0.05, 0) is 44.5 Å². The molecule has 0 aromatic heterocycles. The summed E-state index contributed by atoms with van der Waals surface area (Å²) in [5, 5.41) is 0. The van der Waals surface area contributed by atoms with Gasteiger partial charge in [-0.2, -0.15) is 0 Å². The van der Waals surface area contributed by atoms with Gasteiger partial charge in [0, 0.05) is 0 Å². The lowest BCUT2D eigenvalue weighted by Crippen LogP contribution is -2.03. The monoisotopic (exact) mass is 350 g/mol. The first-order valence-corrected chi connectivity index (χ1v) is 9.02. The highest BCUT2D eigenvalue weighted by Gasteiger charge is 2.18. The lowest BCUT2D eigenvalue weighted by Gasteiger charge is -2.14. The third kappa shape index (κ3) is 6.85. The van der Waals surface area contributed by atoms with E-state index in [4.69, 9.17) is 23.6 Å². The maximum Gasteiger partial charge on any atom is 0.416 e. The Balaban J connectivity index is 1.85. The minimum Gasteiger partial charge on any atom is -0.329 e. The molecule has 2 aromatic carbocycles. The summed E-state index contributed by atoms with van der Waals surface area (Å²) in [6.07, 6.45) is 1.92. The van der Waals surface area contributed by atoms with Crippen LogP contribution in [0.3, 0.4) is 0 Å². The van der Waals surface area contributed by atoms with E-state index in [0.717, 1.165) is 24.0 Å². The molecule has 130 valence electrons. The second kappa shape index (κ2) is 10.3. The summed E-state index contributed by atoms with van der Waals surface area (Å²) in [6.45, 7) is 6.60. The van der Waals surface area contributed by atoms with Crippen LogP contribution in [0.25, 0.3) is 0 Å². The van der Waals surface area contributed by atoms with Crippen LogP contribution in [-0.4, -0.2) is 6.61 Å². The summed E-state index contributed by atoms with van der Waals surface area (Å²) in [6, 6.07) is 15.0. The highest BCUT2D eigenvalue weighted by atomic mass is 31.2. The van der Waals surface area contributed by atoms with Crippen molar-refractivity contribution in [2.45, 2.75) is 33.6 Å². The molecule has 5 nitrogen and oxygen atoms in total. The van der Waals surface area contributed by atoms with E-state index in [9.17, 15) is 0 Å². The maximum atomic E-state index is 5.54. The molecular weight excluding hydrogens is 327 g/mol. The van der Waals surface area contributed by atoms with E-state index >= 15 is 0 Å². The zero-order chi connectivity index (χ0) is 17.2. The third-order valence-corrected chi connectivity index (χ3v) is 3.91. The molecule has 2 aromatic rings. The van der Waals surface area contributed by atoms with Gasteiger partial charge in [0.2, 0.25) is 0 Å². The standard InChI is InChI=1S/C18H23O5P/c1-4-5-14-19-24(22-20-17-10-6-15(2)7-11-17)23-21-18-12-8-16(3)9-13-18/h6-13H,4-5,14H2,1-3H3. The third-order valence-electron chi connectivity index (χ3n) is 3.13. The van der Waals surface area contributed by atoms with Crippen LogP contribution in [0.2, 0.25) is 0 Å². The van der Waals surface area contributed by atoms with Crippen molar-refractivity contribution in [2.24, 2.45) is 0 Å². The van der Waals surface area contributed by atoms with Crippen molar-refractivity contribution in [3.63, 3.8) is 0 Å². The van der Waals surface area contributed by atoms with Crippen LogP contribution >= 0.6 is 8.60 Å². The predicted octanol–water partition coefficient (Wildman–Crippen LogP) is 5.67. The summed E-state index contributed by atoms with van der Waals surface area (Å²) in [7, 11) is -1.78. The topological polar surface area (TPSA) is 46.2 Å². The molecule has 2 rings (SSSR count). The van der Waals surface area contributed by atoms with Gasteiger partial charge in [0.1, 0.15) is 0 Å². The fourth-order valence-electron chi connectivity index (χ4n) is 1.67. The molecule has 0 aliphatic carbocycles. The summed E-state index contributed by atoms with van der Waals surface area (Å²) in [5.41, 5.74) is 2.28. The Hall–Kier alpha value is -1.65. The molecule has 0 aliphatic heterocycles. The SMILES string of the molecule is CCCCOP(OOc1ccc(C)cc1)OOc1ccc(C)cc1. The lowest BCUT2D eigenvalue weighted by atomic mass is 10.2. The molecule has 0 heterocycles. The number of aryl methyl sites for hydroxylation is 2. The minimum atomic E-state index is -1.78. The van der Waals surface area contributed by atoms with Crippen molar-refractivity contribution in [3.05, 3.63) is 59.7 Å². The van der Waals surface area contributed by atoms with Gasteiger partial charge in [-0.25, -0.2) is 0 Å². The van der Waals surface area contributed by atoms with Crippen molar-refractivity contribution in [1.29, 1.82) is 0 Å². The molecule has 0 unspecified atom stereocenters. The van der Waals surface area contributed by atoms with E-state index in [2.05, 4.69) is 6.92 Å². The number of benzene rings is 2. The van der Waals surface area contributed by atoms with Gasteiger partial charge >= 0.3 is 8.60 Å².